The molecule has 4 N–H and O–H groups in total. The summed E-state index contributed by atoms with van der Waals surface area (Å²) < 4.78 is 19.6. The second-order valence-electron chi connectivity index (χ2n) is 7.83. The molecule has 2 atom stereocenters. The molecule has 4 heterocycles. The predicted octanol–water partition coefficient (Wildman–Crippen LogP) is 4.00. The minimum atomic E-state index is -0.490. The lowest BCUT2D eigenvalue weighted by atomic mass is 9.93. The molecule has 2 aliphatic rings. The zero-order valence-corrected chi connectivity index (χ0v) is 17.7. The van der Waals surface area contributed by atoms with Crippen molar-refractivity contribution in [3.8, 4) is 28.8 Å². The van der Waals surface area contributed by atoms with E-state index in [0.29, 0.717) is 35.6 Å². The molecule has 3 aromatic rings. The van der Waals surface area contributed by atoms with Crippen LogP contribution in [0.25, 0.3) is 11.3 Å². The molecule has 32 heavy (non-hydrogen) atoms. The van der Waals surface area contributed by atoms with E-state index in [2.05, 4.69) is 37.8 Å². The molecule has 1 amide bonds. The number of fused-ring (bicyclic) bond motifs is 3. The second kappa shape index (κ2) is 7.93. The Hall–Kier alpha value is -3.99. The van der Waals surface area contributed by atoms with E-state index in [0.717, 1.165) is 16.9 Å². The fourth-order valence-electron chi connectivity index (χ4n) is 4.25. The van der Waals surface area contributed by atoms with Crippen molar-refractivity contribution in [1.29, 1.82) is 0 Å². The highest BCUT2D eigenvalue weighted by Gasteiger charge is 2.33. The van der Waals surface area contributed by atoms with Gasteiger partial charge >= 0.3 is 0 Å². The first-order valence-corrected chi connectivity index (χ1v) is 10.4. The minimum Gasteiger partial charge on any atom is -0.492 e. The smallest absolute Gasteiger partial charge is 0.255 e. The van der Waals surface area contributed by atoms with Crippen LogP contribution in [0, 0.1) is 17.7 Å². The third-order valence-corrected chi connectivity index (χ3v) is 5.73. The van der Waals surface area contributed by atoms with Crippen LogP contribution in [0.15, 0.2) is 36.7 Å². The zero-order valence-electron chi connectivity index (χ0n) is 17.7. The Morgan fingerprint density at radius 2 is 2.19 bits per heavy atom. The number of nitrogens with one attached hydrogen (secondary N) is 4. The largest absolute Gasteiger partial charge is 0.492 e. The molecule has 162 valence electrons. The Balaban J connectivity index is 1.76. The quantitative estimate of drug-likeness (QED) is 0.471. The average molecular weight is 431 g/mol. The van der Waals surface area contributed by atoms with Gasteiger partial charge in [0.15, 0.2) is 11.6 Å². The van der Waals surface area contributed by atoms with Crippen molar-refractivity contribution in [1.82, 2.24) is 15.3 Å². The van der Waals surface area contributed by atoms with E-state index >= 15 is 0 Å². The molecule has 0 fully saturated rings. The van der Waals surface area contributed by atoms with Crippen molar-refractivity contribution in [3.05, 3.63) is 53.7 Å². The molecule has 0 saturated carbocycles. The van der Waals surface area contributed by atoms with Gasteiger partial charge < -0.3 is 25.7 Å². The lowest BCUT2D eigenvalue weighted by molar-refractivity contribution is 0.0941. The molecule has 0 aliphatic carbocycles. The number of carbonyl (C=O) groups is 1. The summed E-state index contributed by atoms with van der Waals surface area (Å²) in [5, 5.41) is 9.64. The molecule has 0 radical (unpaired) electrons. The summed E-state index contributed by atoms with van der Waals surface area (Å²) in [5.74, 6) is 5.87. The number of aromatic nitrogens is 2. The van der Waals surface area contributed by atoms with E-state index in [4.69, 9.17) is 4.74 Å². The number of aromatic amines is 1. The average Bonchev–Trinajstić information content (AvgIpc) is 3.14. The van der Waals surface area contributed by atoms with Gasteiger partial charge in [-0.3, -0.25) is 9.78 Å². The van der Waals surface area contributed by atoms with Gasteiger partial charge in [-0.05, 0) is 25.1 Å². The topological polar surface area (TPSA) is 91.1 Å². The van der Waals surface area contributed by atoms with Crippen molar-refractivity contribution in [2.24, 2.45) is 0 Å². The van der Waals surface area contributed by atoms with Crippen molar-refractivity contribution in [3.63, 3.8) is 0 Å². The molecule has 1 aromatic carbocycles. The summed E-state index contributed by atoms with van der Waals surface area (Å²) in [7, 11) is 1.41. The molecular formula is C24H22FN5O2. The predicted molar refractivity (Wildman–Crippen MR) is 121 cm³/mol. The van der Waals surface area contributed by atoms with E-state index < -0.39 is 5.82 Å². The number of anilines is 3. The highest BCUT2D eigenvalue weighted by Crippen LogP contribution is 2.43. The molecule has 2 unspecified atom stereocenters. The number of benzene rings is 1. The first-order valence-electron chi connectivity index (χ1n) is 10.4. The number of nitrogens with zero attached hydrogens (tertiary/aromatic N) is 1. The van der Waals surface area contributed by atoms with Gasteiger partial charge in [-0.15, -0.1) is 5.92 Å². The van der Waals surface area contributed by atoms with Crippen LogP contribution in [-0.4, -0.2) is 35.6 Å². The SMILES string of the molecule is COc1c(F)cccc1Nc1c2[nH]c3c1C(=O)NCC3CC#CC(C)Nc1cnccc1-2. The Morgan fingerprint density at radius 1 is 1.31 bits per heavy atom. The molecule has 2 aromatic heterocycles. The number of H-pyrrole nitrogens is 1. The van der Waals surface area contributed by atoms with E-state index in [1.165, 1.54) is 13.2 Å². The second-order valence-corrected chi connectivity index (χ2v) is 7.83. The van der Waals surface area contributed by atoms with Gasteiger partial charge in [0.2, 0.25) is 0 Å². The van der Waals surface area contributed by atoms with Crippen LogP contribution in [0.1, 0.15) is 35.3 Å². The van der Waals surface area contributed by atoms with Gasteiger partial charge in [-0.2, -0.15) is 0 Å². The fourth-order valence-corrected chi connectivity index (χ4v) is 4.25. The molecule has 5 rings (SSSR count). The molecule has 7 nitrogen and oxygen atoms in total. The monoisotopic (exact) mass is 431 g/mol. The number of amides is 1. The van der Waals surface area contributed by atoms with Crippen LogP contribution in [0.2, 0.25) is 0 Å². The molecule has 0 saturated heterocycles. The Bertz CT molecular complexity index is 1270. The number of pyridine rings is 1. The lowest BCUT2D eigenvalue weighted by Crippen LogP contribution is -2.35. The third-order valence-electron chi connectivity index (χ3n) is 5.73. The number of carbonyl (C=O) groups excluding carboxylic acids is 1. The number of methoxy groups -OCH3 is 1. The van der Waals surface area contributed by atoms with E-state index in [1.54, 1.807) is 24.5 Å². The number of rotatable bonds is 3. The number of ether oxygens (including phenoxy) is 1. The van der Waals surface area contributed by atoms with Gasteiger partial charge in [0.05, 0.1) is 47.7 Å². The maximum atomic E-state index is 14.4. The lowest BCUT2D eigenvalue weighted by Gasteiger charge is -2.22. The third kappa shape index (κ3) is 3.32. The van der Waals surface area contributed by atoms with E-state index in [9.17, 15) is 9.18 Å². The summed E-state index contributed by atoms with van der Waals surface area (Å²) in [6.45, 7) is 2.49. The number of hydrogen-bond acceptors (Lipinski definition) is 5. The molecule has 8 heteroatoms. The summed E-state index contributed by atoms with van der Waals surface area (Å²) >= 11 is 0. The molecular weight excluding hydrogens is 409 g/mol. The Morgan fingerprint density at radius 3 is 3.03 bits per heavy atom. The van der Waals surface area contributed by atoms with Crippen LogP contribution in [0.5, 0.6) is 5.75 Å². The zero-order chi connectivity index (χ0) is 22.2. The van der Waals surface area contributed by atoms with E-state index in [-0.39, 0.29) is 23.6 Å². The van der Waals surface area contributed by atoms with E-state index in [1.807, 2.05) is 13.0 Å². The van der Waals surface area contributed by atoms with Crippen LogP contribution in [0.4, 0.5) is 21.5 Å². The standard InChI is InChI=1S/C24H22FN5O2/c1-13-5-3-6-14-11-27-24(31)19-20(14)30-21(15-9-10-26-12-18(15)28-13)22(19)29-17-8-4-7-16(25)23(17)32-2/h4,7-10,12-14,28-30H,6,11H2,1-2H3,(H,27,31). The van der Waals surface area contributed by atoms with Crippen LogP contribution < -0.4 is 20.7 Å². The maximum absolute atomic E-state index is 14.4. The first kappa shape index (κ1) is 19.9. The maximum Gasteiger partial charge on any atom is 0.255 e. The Labute approximate surface area is 184 Å². The molecule has 2 aliphatic heterocycles. The number of para-hydroxylation sites is 1. The molecule has 0 spiro atoms. The number of hydrogen-bond donors (Lipinski definition) is 4. The van der Waals surface area contributed by atoms with Gasteiger partial charge in [0.1, 0.15) is 0 Å². The van der Waals surface area contributed by atoms with Gasteiger partial charge in [-0.25, -0.2) is 4.39 Å². The number of halogens is 1. The summed E-state index contributed by atoms with van der Waals surface area (Å²) in [6, 6.07) is 6.43. The van der Waals surface area contributed by atoms with Crippen molar-refractivity contribution in [2.45, 2.75) is 25.3 Å². The fraction of sp³-hybridized carbons (Fsp3) is 0.250. The van der Waals surface area contributed by atoms with Crippen molar-refractivity contribution in [2.75, 3.05) is 24.3 Å². The van der Waals surface area contributed by atoms with Crippen molar-refractivity contribution >= 4 is 23.0 Å². The molecule has 2 bridgehead atoms. The summed E-state index contributed by atoms with van der Waals surface area (Å²) in [4.78, 5) is 20.7. The summed E-state index contributed by atoms with van der Waals surface area (Å²) in [5.41, 5.74) is 4.61. The van der Waals surface area contributed by atoms with Gasteiger partial charge in [-0.1, -0.05) is 12.0 Å². The summed E-state index contributed by atoms with van der Waals surface area (Å²) in [6.07, 6.45) is 4.02. The van der Waals surface area contributed by atoms with Crippen LogP contribution >= 0.6 is 0 Å². The van der Waals surface area contributed by atoms with Crippen LogP contribution in [-0.2, 0) is 0 Å². The highest BCUT2D eigenvalue weighted by atomic mass is 19.1. The Kier molecular flexibility index (Phi) is 4.94. The highest BCUT2D eigenvalue weighted by molar-refractivity contribution is 6.07. The van der Waals surface area contributed by atoms with Gasteiger partial charge in [0.25, 0.3) is 5.91 Å². The first-order chi connectivity index (χ1) is 15.6. The minimum absolute atomic E-state index is 0.00879. The normalized spacial score (nSPS) is 18.8. The van der Waals surface area contributed by atoms with Crippen molar-refractivity contribution < 1.29 is 13.9 Å². The van der Waals surface area contributed by atoms with Crippen LogP contribution in [0.3, 0.4) is 0 Å². The van der Waals surface area contributed by atoms with Gasteiger partial charge in [0, 0.05) is 36.3 Å².